The maximum atomic E-state index is 12.3. The molecule has 1 aromatic carbocycles. The van der Waals surface area contributed by atoms with Gasteiger partial charge in [0.05, 0.1) is 9.95 Å². The summed E-state index contributed by atoms with van der Waals surface area (Å²) in [5, 5.41) is 10.4. The third-order valence-corrected chi connectivity index (χ3v) is 5.28. The largest absolute Gasteiger partial charge is 0.326 e. The van der Waals surface area contributed by atoms with Crippen LogP contribution >= 0.6 is 24.0 Å². The molecule has 2 N–H and O–H groups in total. The van der Waals surface area contributed by atoms with E-state index in [-0.39, 0.29) is 40.6 Å². The van der Waals surface area contributed by atoms with E-state index in [9.17, 15) is 18.5 Å². The van der Waals surface area contributed by atoms with Gasteiger partial charge in [-0.25, -0.2) is 8.42 Å². The van der Waals surface area contributed by atoms with Crippen LogP contribution in [0.15, 0.2) is 23.1 Å². The summed E-state index contributed by atoms with van der Waals surface area (Å²) in [6.45, 7) is 0.562. The molecule has 0 amide bonds. The molecule has 7 nitrogen and oxygen atoms in total. The van der Waals surface area contributed by atoms with Gasteiger partial charge < -0.3 is 5.73 Å². The predicted molar refractivity (Wildman–Crippen MR) is 76.7 cm³/mol. The summed E-state index contributed by atoms with van der Waals surface area (Å²) in [7, 11) is -3.75. The van der Waals surface area contributed by atoms with Crippen molar-refractivity contribution in [3.63, 3.8) is 0 Å². The Morgan fingerprint density at radius 1 is 1.45 bits per heavy atom. The van der Waals surface area contributed by atoms with Gasteiger partial charge in [0.25, 0.3) is 5.69 Å². The summed E-state index contributed by atoms with van der Waals surface area (Å²) in [4.78, 5) is 9.82. The normalized spacial score (nSPS) is 19.6. The standard InChI is InChI=1S/C10H12ClN3O4S.ClH/c11-9-5-8(14(15)16)1-2-10(9)19(17,18)13-4-3-7(12)6-13;/h1-2,5,7H,3-4,6,12H2;1H. The molecular formula is C10H13Cl2N3O4S. The smallest absolute Gasteiger partial charge is 0.271 e. The molecule has 1 unspecified atom stereocenters. The van der Waals surface area contributed by atoms with Crippen molar-refractivity contribution in [2.75, 3.05) is 13.1 Å². The van der Waals surface area contributed by atoms with E-state index in [0.29, 0.717) is 13.0 Å². The Morgan fingerprint density at radius 3 is 2.55 bits per heavy atom. The van der Waals surface area contributed by atoms with Gasteiger partial charge in [-0.3, -0.25) is 10.1 Å². The molecule has 1 aliphatic heterocycles. The van der Waals surface area contributed by atoms with Crippen molar-refractivity contribution in [2.24, 2.45) is 5.73 Å². The molecule has 1 atom stereocenters. The molecule has 1 saturated heterocycles. The minimum Gasteiger partial charge on any atom is -0.326 e. The minimum absolute atomic E-state index is 0. The first kappa shape index (κ1) is 17.1. The van der Waals surface area contributed by atoms with Gasteiger partial charge in [-0.05, 0) is 12.5 Å². The van der Waals surface area contributed by atoms with Crippen LogP contribution in [-0.2, 0) is 10.0 Å². The summed E-state index contributed by atoms with van der Waals surface area (Å²) in [6, 6.07) is 3.12. The molecule has 0 aromatic heterocycles. The number of nitro benzene ring substituents is 1. The first-order chi connectivity index (χ1) is 8.82. The molecule has 1 aliphatic rings. The fraction of sp³-hybridized carbons (Fsp3) is 0.400. The number of hydrogen-bond donors (Lipinski definition) is 1. The zero-order valence-corrected chi connectivity index (χ0v) is 12.6. The number of benzene rings is 1. The number of hydrogen-bond acceptors (Lipinski definition) is 5. The second-order valence-corrected chi connectivity index (χ2v) is 6.60. The molecule has 1 aromatic rings. The van der Waals surface area contributed by atoms with Crippen molar-refractivity contribution in [2.45, 2.75) is 17.4 Å². The topological polar surface area (TPSA) is 107 Å². The Kier molecular flexibility index (Phi) is 5.33. The SMILES string of the molecule is Cl.NC1CCN(S(=O)(=O)c2ccc([N+](=O)[O-])cc2Cl)C1. The van der Waals surface area contributed by atoms with E-state index >= 15 is 0 Å². The van der Waals surface area contributed by atoms with Crippen molar-refractivity contribution < 1.29 is 13.3 Å². The van der Waals surface area contributed by atoms with Crippen molar-refractivity contribution in [3.8, 4) is 0 Å². The number of rotatable bonds is 3. The van der Waals surface area contributed by atoms with Crippen LogP contribution in [-0.4, -0.2) is 36.8 Å². The molecular weight excluding hydrogens is 329 g/mol. The van der Waals surface area contributed by atoms with Crippen molar-refractivity contribution >= 4 is 39.7 Å². The molecule has 20 heavy (non-hydrogen) atoms. The fourth-order valence-corrected chi connectivity index (χ4v) is 3.95. The highest BCUT2D eigenvalue weighted by Crippen LogP contribution is 2.29. The quantitative estimate of drug-likeness (QED) is 0.660. The van der Waals surface area contributed by atoms with E-state index in [1.165, 1.54) is 4.31 Å². The third kappa shape index (κ3) is 3.21. The lowest BCUT2D eigenvalue weighted by Gasteiger charge is -2.16. The van der Waals surface area contributed by atoms with Gasteiger partial charge in [-0.15, -0.1) is 12.4 Å². The van der Waals surface area contributed by atoms with Crippen LogP contribution in [0.25, 0.3) is 0 Å². The lowest BCUT2D eigenvalue weighted by molar-refractivity contribution is -0.384. The number of nitrogens with zero attached hydrogens (tertiary/aromatic N) is 2. The van der Waals surface area contributed by atoms with Crippen LogP contribution < -0.4 is 5.73 Å². The zero-order valence-electron chi connectivity index (χ0n) is 10.2. The molecule has 1 heterocycles. The van der Waals surface area contributed by atoms with Gasteiger partial charge in [0.1, 0.15) is 4.90 Å². The number of nitrogens with two attached hydrogens (primary N) is 1. The zero-order chi connectivity index (χ0) is 14.2. The van der Waals surface area contributed by atoms with Crippen LogP contribution in [0.2, 0.25) is 5.02 Å². The maximum Gasteiger partial charge on any atom is 0.271 e. The fourth-order valence-electron chi connectivity index (χ4n) is 1.92. The van der Waals surface area contributed by atoms with Crippen LogP contribution in [0.5, 0.6) is 0 Å². The highest BCUT2D eigenvalue weighted by Gasteiger charge is 2.32. The Bertz CT molecular complexity index is 623. The first-order valence-electron chi connectivity index (χ1n) is 5.52. The summed E-state index contributed by atoms with van der Waals surface area (Å²) in [5.74, 6) is 0. The molecule has 112 valence electrons. The first-order valence-corrected chi connectivity index (χ1v) is 7.34. The Hall–Kier alpha value is -0.930. The number of sulfonamides is 1. The molecule has 0 spiro atoms. The van der Waals surface area contributed by atoms with Gasteiger partial charge in [0.2, 0.25) is 10.0 Å². The summed E-state index contributed by atoms with van der Waals surface area (Å²) >= 11 is 5.83. The molecule has 1 fully saturated rings. The second kappa shape index (κ2) is 6.23. The van der Waals surface area contributed by atoms with E-state index in [1.807, 2.05) is 0 Å². The Labute approximate surface area is 127 Å². The van der Waals surface area contributed by atoms with Crippen molar-refractivity contribution in [3.05, 3.63) is 33.3 Å². The highest BCUT2D eigenvalue weighted by molar-refractivity contribution is 7.89. The van der Waals surface area contributed by atoms with Crippen molar-refractivity contribution in [1.82, 2.24) is 4.31 Å². The summed E-state index contributed by atoms with van der Waals surface area (Å²) in [6.07, 6.45) is 0.587. The highest BCUT2D eigenvalue weighted by atomic mass is 35.5. The van der Waals surface area contributed by atoms with E-state index in [1.54, 1.807) is 0 Å². The molecule has 0 aliphatic carbocycles. The lowest BCUT2D eigenvalue weighted by Crippen LogP contribution is -2.32. The molecule has 0 bridgehead atoms. The monoisotopic (exact) mass is 341 g/mol. The lowest BCUT2D eigenvalue weighted by atomic mass is 10.3. The molecule has 0 radical (unpaired) electrons. The van der Waals surface area contributed by atoms with Gasteiger partial charge in [0.15, 0.2) is 0 Å². The molecule has 10 heteroatoms. The predicted octanol–water partition coefficient (Wildman–Crippen LogP) is 1.39. The van der Waals surface area contributed by atoms with Gasteiger partial charge in [-0.1, -0.05) is 11.6 Å². The van der Waals surface area contributed by atoms with Gasteiger partial charge in [-0.2, -0.15) is 4.31 Å². The molecule has 0 saturated carbocycles. The second-order valence-electron chi connectivity index (χ2n) is 4.28. The van der Waals surface area contributed by atoms with Crippen LogP contribution in [0, 0.1) is 10.1 Å². The Morgan fingerprint density at radius 2 is 2.10 bits per heavy atom. The van der Waals surface area contributed by atoms with Crippen molar-refractivity contribution in [1.29, 1.82) is 0 Å². The van der Waals surface area contributed by atoms with Gasteiger partial charge in [0, 0.05) is 31.3 Å². The minimum atomic E-state index is -3.75. The van der Waals surface area contributed by atoms with Crippen LogP contribution in [0.1, 0.15) is 6.42 Å². The number of nitro groups is 1. The van der Waals surface area contributed by atoms with E-state index in [2.05, 4.69) is 0 Å². The Balaban J connectivity index is 0.00000200. The average molecular weight is 342 g/mol. The van der Waals surface area contributed by atoms with E-state index in [4.69, 9.17) is 17.3 Å². The van der Waals surface area contributed by atoms with E-state index in [0.717, 1.165) is 18.2 Å². The number of halogens is 2. The number of non-ortho nitro benzene ring substituents is 1. The van der Waals surface area contributed by atoms with Crippen LogP contribution in [0.4, 0.5) is 5.69 Å². The maximum absolute atomic E-state index is 12.3. The van der Waals surface area contributed by atoms with Crippen LogP contribution in [0.3, 0.4) is 0 Å². The summed E-state index contributed by atoms with van der Waals surface area (Å²) in [5.41, 5.74) is 5.43. The summed E-state index contributed by atoms with van der Waals surface area (Å²) < 4.78 is 25.8. The van der Waals surface area contributed by atoms with E-state index < -0.39 is 14.9 Å². The van der Waals surface area contributed by atoms with Gasteiger partial charge >= 0.3 is 0 Å². The third-order valence-electron chi connectivity index (χ3n) is 2.93. The molecule has 2 rings (SSSR count). The average Bonchev–Trinajstić information content (AvgIpc) is 2.76.